The highest BCUT2D eigenvalue weighted by molar-refractivity contribution is 5.91. The Morgan fingerprint density at radius 3 is 2.31 bits per heavy atom. The highest BCUT2D eigenvalue weighted by Crippen LogP contribution is 2.36. The molecule has 0 radical (unpaired) electrons. The summed E-state index contributed by atoms with van der Waals surface area (Å²) in [6.45, 7) is 6.36. The van der Waals surface area contributed by atoms with E-state index in [1.807, 2.05) is 12.3 Å². The molecule has 2 aromatic carbocycles. The van der Waals surface area contributed by atoms with Crippen LogP contribution in [-0.2, 0) is 0 Å². The van der Waals surface area contributed by atoms with Crippen molar-refractivity contribution in [3.63, 3.8) is 0 Å². The van der Waals surface area contributed by atoms with Crippen LogP contribution >= 0.6 is 0 Å². The van der Waals surface area contributed by atoms with Gasteiger partial charge in [-0.15, -0.1) is 0 Å². The number of nitrogens with zero attached hydrogens (tertiary/aromatic N) is 5. The van der Waals surface area contributed by atoms with Gasteiger partial charge in [-0.2, -0.15) is 0 Å². The Labute approximate surface area is 205 Å². The normalized spacial score (nSPS) is 16.4. The number of aromatic nitrogens is 3. The second kappa shape index (κ2) is 8.87. The molecule has 2 aliphatic heterocycles. The topological polar surface area (TPSA) is 63.2 Å². The number of anilines is 3. The highest BCUT2D eigenvalue weighted by Gasteiger charge is 2.23. The summed E-state index contributed by atoms with van der Waals surface area (Å²) in [7, 11) is 0. The van der Waals surface area contributed by atoms with Gasteiger partial charge < -0.3 is 15.5 Å². The van der Waals surface area contributed by atoms with Crippen molar-refractivity contribution >= 4 is 28.2 Å². The fraction of sp³-hybridized carbons (Fsp3) is 0.357. The number of piperidine rings is 1. The van der Waals surface area contributed by atoms with Gasteiger partial charge in [0, 0.05) is 43.6 Å². The zero-order valence-corrected chi connectivity index (χ0v) is 20.2. The summed E-state index contributed by atoms with van der Waals surface area (Å²) in [6, 6.07) is 13.6. The lowest BCUT2D eigenvalue weighted by Gasteiger charge is -2.28. The Balaban J connectivity index is 1.56. The van der Waals surface area contributed by atoms with Gasteiger partial charge in [-0.05, 0) is 87.1 Å². The van der Waals surface area contributed by atoms with Crippen LogP contribution in [0.25, 0.3) is 28.2 Å². The predicted octanol–water partition coefficient (Wildman–Crippen LogP) is 5.71. The summed E-state index contributed by atoms with van der Waals surface area (Å²) in [4.78, 5) is 14.7. The molecule has 0 saturated carbocycles. The number of benzene rings is 2. The molecule has 0 aliphatic carbocycles. The molecule has 4 aromatic rings. The Morgan fingerprint density at radius 2 is 1.57 bits per heavy atom. The average molecular weight is 471 g/mol. The quantitative estimate of drug-likeness (QED) is 0.387. The van der Waals surface area contributed by atoms with E-state index in [1.165, 1.54) is 43.9 Å². The number of pyridine rings is 1. The summed E-state index contributed by atoms with van der Waals surface area (Å²) in [5.74, 6) is 0.235. The monoisotopic (exact) mass is 470 g/mol. The standard InChI is InChI=1S/C28H31FN6/c1-19-17-21(33-13-5-6-14-33)8-10-24(19)35-27(20-7-9-23(30)22(29)18-20)32-26-25(11-12-31-28(26)35)34-15-3-2-4-16-34/h7-12,17-18H,2-6,13-16,30H2,1H3. The van der Waals surface area contributed by atoms with E-state index in [-0.39, 0.29) is 5.69 Å². The first-order valence-electron chi connectivity index (χ1n) is 12.6. The molecule has 35 heavy (non-hydrogen) atoms. The molecule has 7 heteroatoms. The number of halogens is 1. The Bertz CT molecular complexity index is 1380. The van der Waals surface area contributed by atoms with Gasteiger partial charge in [0.05, 0.1) is 17.1 Å². The van der Waals surface area contributed by atoms with E-state index < -0.39 is 5.82 Å². The molecule has 0 bridgehead atoms. The predicted molar refractivity (Wildman–Crippen MR) is 141 cm³/mol. The van der Waals surface area contributed by atoms with Gasteiger partial charge in [0.1, 0.15) is 17.2 Å². The van der Waals surface area contributed by atoms with Crippen LogP contribution in [0.3, 0.4) is 0 Å². The van der Waals surface area contributed by atoms with Gasteiger partial charge in [-0.3, -0.25) is 4.57 Å². The van der Waals surface area contributed by atoms with Crippen molar-refractivity contribution in [2.45, 2.75) is 39.0 Å². The summed E-state index contributed by atoms with van der Waals surface area (Å²) in [5.41, 5.74) is 12.7. The van der Waals surface area contributed by atoms with Gasteiger partial charge in [-0.1, -0.05) is 0 Å². The van der Waals surface area contributed by atoms with Crippen LogP contribution in [0.1, 0.15) is 37.7 Å². The van der Waals surface area contributed by atoms with Gasteiger partial charge in [-0.25, -0.2) is 14.4 Å². The number of nitrogens with two attached hydrogens (primary N) is 1. The number of nitrogen functional groups attached to an aromatic ring is 1. The minimum Gasteiger partial charge on any atom is -0.396 e. The van der Waals surface area contributed by atoms with E-state index in [0.29, 0.717) is 11.4 Å². The fourth-order valence-corrected chi connectivity index (χ4v) is 5.50. The average Bonchev–Trinajstić information content (AvgIpc) is 3.55. The summed E-state index contributed by atoms with van der Waals surface area (Å²) >= 11 is 0. The van der Waals surface area contributed by atoms with Crippen molar-refractivity contribution in [3.8, 4) is 17.1 Å². The third-order valence-electron chi connectivity index (χ3n) is 7.37. The van der Waals surface area contributed by atoms with E-state index in [4.69, 9.17) is 15.7 Å². The van der Waals surface area contributed by atoms with Crippen LogP contribution in [0, 0.1) is 12.7 Å². The van der Waals surface area contributed by atoms with E-state index in [9.17, 15) is 4.39 Å². The van der Waals surface area contributed by atoms with Gasteiger partial charge in [0.15, 0.2) is 5.65 Å². The van der Waals surface area contributed by atoms with Crippen molar-refractivity contribution in [3.05, 3.63) is 60.0 Å². The number of aryl methyl sites for hydroxylation is 1. The molecule has 0 spiro atoms. The third kappa shape index (κ3) is 3.89. The molecular weight excluding hydrogens is 439 g/mol. The summed E-state index contributed by atoms with van der Waals surface area (Å²) < 4.78 is 16.6. The largest absolute Gasteiger partial charge is 0.396 e. The maximum Gasteiger partial charge on any atom is 0.167 e. The molecule has 0 amide bonds. The Morgan fingerprint density at radius 1 is 0.829 bits per heavy atom. The smallest absolute Gasteiger partial charge is 0.167 e. The van der Waals surface area contributed by atoms with Gasteiger partial charge in [0.2, 0.25) is 0 Å². The van der Waals surface area contributed by atoms with Crippen LogP contribution in [0.2, 0.25) is 0 Å². The van der Waals surface area contributed by atoms with Crippen LogP contribution < -0.4 is 15.5 Å². The molecule has 6 nitrogen and oxygen atoms in total. The Kier molecular flexibility index (Phi) is 5.55. The van der Waals surface area contributed by atoms with E-state index >= 15 is 0 Å². The minimum absolute atomic E-state index is 0.134. The summed E-state index contributed by atoms with van der Waals surface area (Å²) in [5, 5.41) is 0. The maximum atomic E-state index is 14.5. The molecule has 180 valence electrons. The summed E-state index contributed by atoms with van der Waals surface area (Å²) in [6.07, 6.45) is 7.96. The number of hydrogen-bond donors (Lipinski definition) is 1. The molecule has 6 rings (SSSR count). The second-order valence-corrected chi connectivity index (χ2v) is 9.72. The fourth-order valence-electron chi connectivity index (χ4n) is 5.50. The molecule has 2 saturated heterocycles. The first-order chi connectivity index (χ1) is 17.1. The number of fused-ring (bicyclic) bond motifs is 1. The van der Waals surface area contributed by atoms with Crippen molar-refractivity contribution in [2.75, 3.05) is 41.7 Å². The van der Waals surface area contributed by atoms with E-state index in [2.05, 4.69) is 45.6 Å². The first-order valence-corrected chi connectivity index (χ1v) is 12.6. The minimum atomic E-state index is -0.438. The zero-order chi connectivity index (χ0) is 23.9. The number of rotatable bonds is 4. The maximum absolute atomic E-state index is 14.5. The lowest BCUT2D eigenvalue weighted by Crippen LogP contribution is -2.29. The molecule has 4 heterocycles. The van der Waals surface area contributed by atoms with Crippen LogP contribution in [-0.4, -0.2) is 40.7 Å². The van der Waals surface area contributed by atoms with Gasteiger partial charge in [0.25, 0.3) is 0 Å². The SMILES string of the molecule is Cc1cc(N2CCCC2)ccc1-n1c(-c2ccc(N)c(F)c2)nc2c(N3CCCCC3)ccnc21. The Hall–Kier alpha value is -3.61. The van der Waals surface area contributed by atoms with E-state index in [1.54, 1.807) is 6.07 Å². The number of imidazole rings is 1. The lowest BCUT2D eigenvalue weighted by atomic mass is 10.1. The molecule has 2 N–H and O–H groups in total. The van der Waals surface area contributed by atoms with Gasteiger partial charge >= 0.3 is 0 Å². The van der Waals surface area contributed by atoms with Crippen LogP contribution in [0.4, 0.5) is 21.5 Å². The second-order valence-electron chi connectivity index (χ2n) is 9.72. The van der Waals surface area contributed by atoms with Crippen molar-refractivity contribution in [2.24, 2.45) is 0 Å². The molecule has 2 aliphatic rings. The molecule has 0 atom stereocenters. The molecule has 2 fully saturated rings. The van der Waals surface area contributed by atoms with Crippen molar-refractivity contribution in [1.82, 2.24) is 14.5 Å². The van der Waals surface area contributed by atoms with Crippen LogP contribution in [0.5, 0.6) is 0 Å². The molecular formula is C28H31FN6. The molecule has 2 aromatic heterocycles. The lowest BCUT2D eigenvalue weighted by molar-refractivity contribution is 0.578. The first kappa shape index (κ1) is 21.9. The van der Waals surface area contributed by atoms with Crippen LogP contribution in [0.15, 0.2) is 48.7 Å². The number of hydrogen-bond acceptors (Lipinski definition) is 5. The van der Waals surface area contributed by atoms with Crippen molar-refractivity contribution in [1.29, 1.82) is 0 Å². The highest BCUT2D eigenvalue weighted by atomic mass is 19.1. The zero-order valence-electron chi connectivity index (χ0n) is 20.2. The molecule has 0 unspecified atom stereocenters. The van der Waals surface area contributed by atoms with Crippen molar-refractivity contribution < 1.29 is 4.39 Å². The van der Waals surface area contributed by atoms with E-state index in [0.717, 1.165) is 54.3 Å². The third-order valence-corrected chi connectivity index (χ3v) is 7.37.